The van der Waals surface area contributed by atoms with Crippen LogP contribution in [0.15, 0.2) is 65.3 Å². The number of carbonyl (C=O) groups is 2. The van der Waals surface area contributed by atoms with Crippen LogP contribution in [0, 0.1) is 5.82 Å². The Hall–Kier alpha value is -4.27. The number of hydrogen-bond acceptors (Lipinski definition) is 6. The molecule has 0 aliphatic carbocycles. The fourth-order valence-electron chi connectivity index (χ4n) is 3.73. The van der Waals surface area contributed by atoms with Crippen molar-refractivity contribution in [2.45, 2.75) is 19.5 Å². The second-order valence-electron chi connectivity index (χ2n) is 7.65. The number of halogens is 1. The highest BCUT2D eigenvalue weighted by Gasteiger charge is 2.29. The van der Waals surface area contributed by atoms with Crippen molar-refractivity contribution in [3.63, 3.8) is 0 Å². The molecule has 1 N–H and O–H groups in total. The highest BCUT2D eigenvalue weighted by molar-refractivity contribution is 5.98. The predicted octanol–water partition coefficient (Wildman–Crippen LogP) is 3.85. The Labute approximate surface area is 188 Å². The molecule has 0 radical (unpaired) electrons. The number of nitrogens with zero attached hydrogens (tertiary/aromatic N) is 3. The summed E-state index contributed by atoms with van der Waals surface area (Å²) in [7, 11) is 0. The van der Waals surface area contributed by atoms with Crippen LogP contribution in [0.4, 0.5) is 9.18 Å². The number of amides is 2. The molecular weight excluding hydrogens is 427 g/mol. The molecule has 0 fully saturated rings. The number of nitrogens with one attached hydrogen (secondary N) is 1. The third kappa shape index (κ3) is 4.38. The topological polar surface area (TPSA) is 97.6 Å². The van der Waals surface area contributed by atoms with E-state index in [1.165, 1.54) is 12.1 Å². The summed E-state index contributed by atoms with van der Waals surface area (Å²) in [6.45, 7) is 0.839. The van der Waals surface area contributed by atoms with Crippen LogP contribution in [0.3, 0.4) is 0 Å². The molecule has 5 rings (SSSR count). The van der Waals surface area contributed by atoms with E-state index in [2.05, 4.69) is 15.5 Å². The highest BCUT2D eigenvalue weighted by atomic mass is 19.1. The Balaban J connectivity index is 1.26. The number of fused-ring (bicyclic) bond motifs is 2. The SMILES string of the molecule is O=C(NCc1ccc(F)cc1)Oc1noc2c1CN(C(=O)c1ccc3ncccc3c1)CC2. The van der Waals surface area contributed by atoms with Gasteiger partial charge in [0, 0.05) is 36.7 Å². The van der Waals surface area contributed by atoms with Crippen LogP contribution in [0.1, 0.15) is 27.2 Å². The van der Waals surface area contributed by atoms with E-state index in [4.69, 9.17) is 9.26 Å². The van der Waals surface area contributed by atoms with Gasteiger partial charge < -0.3 is 19.5 Å². The minimum atomic E-state index is -0.721. The zero-order chi connectivity index (χ0) is 22.8. The van der Waals surface area contributed by atoms with Crippen molar-refractivity contribution in [3.05, 3.63) is 89.1 Å². The zero-order valence-corrected chi connectivity index (χ0v) is 17.5. The van der Waals surface area contributed by atoms with Crippen LogP contribution < -0.4 is 10.1 Å². The summed E-state index contributed by atoms with van der Waals surface area (Å²) >= 11 is 0. The van der Waals surface area contributed by atoms with E-state index in [1.54, 1.807) is 29.3 Å². The monoisotopic (exact) mass is 446 g/mol. The second kappa shape index (κ2) is 8.70. The summed E-state index contributed by atoms with van der Waals surface area (Å²) in [5, 5.41) is 7.33. The largest absolute Gasteiger partial charge is 0.414 e. The Morgan fingerprint density at radius 1 is 1.15 bits per heavy atom. The van der Waals surface area contributed by atoms with Gasteiger partial charge in [-0.15, -0.1) is 0 Å². The summed E-state index contributed by atoms with van der Waals surface area (Å²) in [5.74, 6) is 0.124. The molecule has 9 heteroatoms. The molecule has 4 aromatic rings. The fourth-order valence-corrected chi connectivity index (χ4v) is 3.73. The molecule has 1 aliphatic heterocycles. The highest BCUT2D eigenvalue weighted by Crippen LogP contribution is 2.29. The van der Waals surface area contributed by atoms with E-state index >= 15 is 0 Å². The van der Waals surface area contributed by atoms with E-state index in [0.29, 0.717) is 29.9 Å². The van der Waals surface area contributed by atoms with Crippen LogP contribution in [0.25, 0.3) is 10.9 Å². The molecule has 33 heavy (non-hydrogen) atoms. The average Bonchev–Trinajstić information content (AvgIpc) is 3.24. The van der Waals surface area contributed by atoms with E-state index in [9.17, 15) is 14.0 Å². The summed E-state index contributed by atoms with van der Waals surface area (Å²) < 4.78 is 23.6. The molecule has 0 saturated carbocycles. The first kappa shape index (κ1) is 20.6. The lowest BCUT2D eigenvalue weighted by Gasteiger charge is -2.26. The quantitative estimate of drug-likeness (QED) is 0.511. The maximum absolute atomic E-state index is 13.1. The van der Waals surface area contributed by atoms with Gasteiger partial charge >= 0.3 is 6.09 Å². The molecule has 0 unspecified atom stereocenters. The number of hydrogen-bond donors (Lipinski definition) is 1. The molecule has 0 spiro atoms. The van der Waals surface area contributed by atoms with Crippen molar-refractivity contribution in [1.29, 1.82) is 0 Å². The van der Waals surface area contributed by atoms with Gasteiger partial charge in [-0.2, -0.15) is 0 Å². The molecule has 2 amide bonds. The van der Waals surface area contributed by atoms with Gasteiger partial charge in [0.05, 0.1) is 17.6 Å². The van der Waals surface area contributed by atoms with E-state index < -0.39 is 6.09 Å². The van der Waals surface area contributed by atoms with Crippen LogP contribution >= 0.6 is 0 Å². The number of rotatable bonds is 4. The maximum atomic E-state index is 13.1. The van der Waals surface area contributed by atoms with Gasteiger partial charge in [0.25, 0.3) is 11.8 Å². The maximum Gasteiger partial charge on any atom is 0.414 e. The van der Waals surface area contributed by atoms with Gasteiger partial charge in [0.2, 0.25) is 0 Å². The molecule has 0 atom stereocenters. The van der Waals surface area contributed by atoms with Gasteiger partial charge in [0.15, 0.2) is 0 Å². The van der Waals surface area contributed by atoms with Gasteiger partial charge in [-0.3, -0.25) is 9.78 Å². The van der Waals surface area contributed by atoms with Crippen molar-refractivity contribution >= 4 is 22.9 Å². The summed E-state index contributed by atoms with van der Waals surface area (Å²) in [4.78, 5) is 31.3. The molecule has 0 bridgehead atoms. The normalized spacial score (nSPS) is 12.9. The molecule has 2 aromatic carbocycles. The van der Waals surface area contributed by atoms with Crippen molar-refractivity contribution < 1.29 is 23.2 Å². The van der Waals surface area contributed by atoms with Crippen molar-refractivity contribution in [3.8, 4) is 5.88 Å². The third-order valence-corrected chi connectivity index (χ3v) is 5.47. The Kier molecular flexibility index (Phi) is 5.43. The van der Waals surface area contributed by atoms with E-state index in [-0.39, 0.29) is 30.7 Å². The van der Waals surface area contributed by atoms with Crippen molar-refractivity contribution in [2.24, 2.45) is 0 Å². The average molecular weight is 446 g/mol. The van der Waals surface area contributed by atoms with Gasteiger partial charge in [-0.05, 0) is 47.1 Å². The lowest BCUT2D eigenvalue weighted by molar-refractivity contribution is 0.0728. The molecule has 0 saturated heterocycles. The molecule has 8 nitrogen and oxygen atoms in total. The van der Waals surface area contributed by atoms with Crippen molar-refractivity contribution in [2.75, 3.05) is 6.54 Å². The zero-order valence-electron chi connectivity index (χ0n) is 17.5. The molecule has 2 aromatic heterocycles. The standard InChI is InChI=1S/C24H19FN4O4/c25-18-6-3-15(4-7-18)13-27-24(31)32-22-19-14-29(11-9-21(19)33-28-22)23(30)17-5-8-20-16(12-17)2-1-10-26-20/h1-8,10,12H,9,11,13-14H2,(H,27,31). The first-order chi connectivity index (χ1) is 16.1. The lowest BCUT2D eigenvalue weighted by Crippen LogP contribution is -2.36. The third-order valence-electron chi connectivity index (χ3n) is 5.47. The Morgan fingerprint density at radius 2 is 2.00 bits per heavy atom. The fraction of sp³-hybridized carbons (Fsp3) is 0.167. The Bertz CT molecular complexity index is 1340. The minimum absolute atomic E-state index is 0.0295. The summed E-state index contributed by atoms with van der Waals surface area (Å²) in [5.41, 5.74) is 2.65. The Morgan fingerprint density at radius 3 is 2.85 bits per heavy atom. The summed E-state index contributed by atoms with van der Waals surface area (Å²) in [6.07, 6.45) is 1.45. The first-order valence-corrected chi connectivity index (χ1v) is 10.4. The van der Waals surface area contributed by atoms with Crippen LogP contribution in [0.5, 0.6) is 5.88 Å². The molecule has 166 valence electrons. The second-order valence-corrected chi connectivity index (χ2v) is 7.65. The number of carbonyl (C=O) groups excluding carboxylic acids is 2. The number of ether oxygens (including phenoxy) is 1. The summed E-state index contributed by atoms with van der Waals surface area (Å²) in [6, 6.07) is 14.9. The number of pyridine rings is 1. The first-order valence-electron chi connectivity index (χ1n) is 10.4. The van der Waals surface area contributed by atoms with Crippen LogP contribution in [-0.4, -0.2) is 33.6 Å². The number of benzene rings is 2. The smallest absolute Gasteiger partial charge is 0.387 e. The lowest BCUT2D eigenvalue weighted by atomic mass is 10.1. The van der Waals surface area contributed by atoms with Crippen LogP contribution in [0.2, 0.25) is 0 Å². The number of aromatic nitrogens is 2. The van der Waals surface area contributed by atoms with Gasteiger partial charge in [0.1, 0.15) is 11.6 Å². The molecular formula is C24H19FN4O4. The van der Waals surface area contributed by atoms with Gasteiger partial charge in [-0.1, -0.05) is 18.2 Å². The van der Waals surface area contributed by atoms with Crippen LogP contribution in [-0.2, 0) is 19.5 Å². The molecule has 3 heterocycles. The predicted molar refractivity (Wildman–Crippen MR) is 116 cm³/mol. The van der Waals surface area contributed by atoms with Gasteiger partial charge in [-0.25, -0.2) is 9.18 Å². The van der Waals surface area contributed by atoms with E-state index in [0.717, 1.165) is 16.5 Å². The minimum Gasteiger partial charge on any atom is -0.387 e. The van der Waals surface area contributed by atoms with Crippen molar-refractivity contribution in [1.82, 2.24) is 20.4 Å². The molecule has 1 aliphatic rings. The van der Waals surface area contributed by atoms with E-state index in [1.807, 2.05) is 24.3 Å².